The fourth-order valence-corrected chi connectivity index (χ4v) is 3.56. The predicted octanol–water partition coefficient (Wildman–Crippen LogP) is 3.63. The molecule has 0 radical (unpaired) electrons. The highest BCUT2D eigenvalue weighted by atomic mass is 16.2. The average molecular weight is 428 g/mol. The Bertz CT molecular complexity index is 1260. The predicted molar refractivity (Wildman–Crippen MR) is 124 cm³/mol. The Morgan fingerprint density at radius 1 is 1.09 bits per heavy atom. The molecule has 1 N–H and O–H groups in total. The van der Waals surface area contributed by atoms with Crippen LogP contribution in [0.1, 0.15) is 24.7 Å². The van der Waals surface area contributed by atoms with Crippen LogP contribution in [-0.4, -0.2) is 35.0 Å². The number of aromatic amines is 1. The van der Waals surface area contributed by atoms with Gasteiger partial charge in [-0.1, -0.05) is 66.8 Å². The van der Waals surface area contributed by atoms with E-state index < -0.39 is 0 Å². The van der Waals surface area contributed by atoms with E-state index in [1.807, 2.05) is 67.6 Å². The van der Waals surface area contributed by atoms with Gasteiger partial charge in [0.2, 0.25) is 5.82 Å². The van der Waals surface area contributed by atoms with Gasteiger partial charge in [0.1, 0.15) is 5.82 Å². The number of benzene rings is 2. The van der Waals surface area contributed by atoms with E-state index in [4.69, 9.17) is 0 Å². The molecule has 0 unspecified atom stereocenters. The molecule has 2 aromatic heterocycles. The van der Waals surface area contributed by atoms with E-state index in [9.17, 15) is 4.79 Å². The Morgan fingerprint density at radius 2 is 1.88 bits per heavy atom. The van der Waals surface area contributed by atoms with Crippen LogP contribution in [0.15, 0.2) is 78.1 Å². The van der Waals surface area contributed by atoms with Gasteiger partial charge in [-0.2, -0.15) is 10.3 Å². The number of H-pyrrole nitrogens is 1. The van der Waals surface area contributed by atoms with Crippen molar-refractivity contribution in [3.63, 3.8) is 0 Å². The maximum Gasteiger partial charge on any atom is 0.346 e. The van der Waals surface area contributed by atoms with Gasteiger partial charge in [0.15, 0.2) is 0 Å². The summed E-state index contributed by atoms with van der Waals surface area (Å²) in [6.07, 6.45) is 7.08. The van der Waals surface area contributed by atoms with Crippen LogP contribution in [0, 0.1) is 0 Å². The first-order valence-corrected chi connectivity index (χ1v) is 10.5. The maximum absolute atomic E-state index is 12.9. The number of hydrogen-bond acceptors (Lipinski definition) is 5. The second-order valence-corrected chi connectivity index (χ2v) is 7.34. The molecule has 8 heteroatoms. The minimum absolute atomic E-state index is 0.0992. The number of rotatable bonds is 9. The molecular formula is C24H25N7O. The number of aryl methyl sites for hydroxylation is 1. The van der Waals surface area contributed by atoms with Crippen LogP contribution in [0.2, 0.25) is 0 Å². The van der Waals surface area contributed by atoms with Crippen molar-refractivity contribution in [2.45, 2.75) is 32.9 Å². The summed E-state index contributed by atoms with van der Waals surface area (Å²) in [6, 6.07) is 16.1. The molecular weight excluding hydrogens is 402 g/mol. The van der Waals surface area contributed by atoms with Crippen molar-refractivity contribution in [1.29, 1.82) is 0 Å². The molecule has 0 fully saturated rings. The number of hydrogen-bond donors (Lipinski definition) is 1. The minimum Gasteiger partial charge on any atom is -0.274 e. The molecule has 0 saturated heterocycles. The van der Waals surface area contributed by atoms with Crippen LogP contribution < -0.4 is 5.69 Å². The molecule has 4 rings (SSSR count). The largest absolute Gasteiger partial charge is 0.346 e. The number of nitrogens with zero attached hydrogens (tertiary/aromatic N) is 6. The summed E-state index contributed by atoms with van der Waals surface area (Å²) < 4.78 is 3.27. The Balaban J connectivity index is 1.62. The third kappa shape index (κ3) is 4.49. The highest BCUT2D eigenvalue weighted by Gasteiger charge is 2.14. The van der Waals surface area contributed by atoms with Crippen molar-refractivity contribution in [1.82, 2.24) is 35.0 Å². The van der Waals surface area contributed by atoms with Crippen molar-refractivity contribution in [3.8, 4) is 22.5 Å². The van der Waals surface area contributed by atoms with E-state index in [0.717, 1.165) is 28.1 Å². The Kier molecular flexibility index (Phi) is 6.50. The number of nitrogens with one attached hydrogen (secondary N) is 1. The van der Waals surface area contributed by atoms with Gasteiger partial charge in [0.25, 0.3) is 0 Å². The van der Waals surface area contributed by atoms with E-state index in [1.54, 1.807) is 10.6 Å². The average Bonchev–Trinajstić information content (AvgIpc) is 3.46. The van der Waals surface area contributed by atoms with E-state index >= 15 is 0 Å². The van der Waals surface area contributed by atoms with Crippen molar-refractivity contribution >= 4 is 0 Å². The summed E-state index contributed by atoms with van der Waals surface area (Å²) in [4.78, 5) is 12.9. The fourth-order valence-electron chi connectivity index (χ4n) is 3.56. The van der Waals surface area contributed by atoms with Crippen molar-refractivity contribution in [2.24, 2.45) is 0 Å². The van der Waals surface area contributed by atoms with Crippen molar-refractivity contribution in [3.05, 3.63) is 95.2 Å². The molecule has 8 nitrogen and oxygen atoms in total. The maximum atomic E-state index is 12.9. The fraction of sp³-hybridized carbons (Fsp3) is 0.208. The molecule has 0 saturated carbocycles. The molecule has 0 bridgehead atoms. The first-order valence-electron chi connectivity index (χ1n) is 10.5. The zero-order chi connectivity index (χ0) is 22.3. The molecule has 2 heterocycles. The Hall–Kier alpha value is -4.07. The van der Waals surface area contributed by atoms with Gasteiger partial charge in [-0.3, -0.25) is 4.57 Å². The molecule has 2 aromatic carbocycles. The molecule has 0 aliphatic heterocycles. The van der Waals surface area contributed by atoms with Gasteiger partial charge in [-0.25, -0.2) is 9.48 Å². The molecule has 0 aliphatic carbocycles. The highest BCUT2D eigenvalue weighted by Crippen LogP contribution is 2.29. The molecule has 0 spiro atoms. The zero-order valence-corrected chi connectivity index (χ0v) is 18.0. The normalized spacial score (nSPS) is 11.3. The van der Waals surface area contributed by atoms with Gasteiger partial charge in [0.05, 0.1) is 6.54 Å². The summed E-state index contributed by atoms with van der Waals surface area (Å²) in [7, 11) is 0. The third-order valence-corrected chi connectivity index (χ3v) is 5.20. The van der Waals surface area contributed by atoms with E-state index in [2.05, 4.69) is 32.3 Å². The first kappa shape index (κ1) is 21.2. The molecule has 0 aliphatic rings. The van der Waals surface area contributed by atoms with Gasteiger partial charge in [0, 0.05) is 18.5 Å². The summed E-state index contributed by atoms with van der Waals surface area (Å²) in [5.74, 6) is 1.31. The van der Waals surface area contributed by atoms with Crippen LogP contribution in [-0.2, 0) is 19.5 Å². The van der Waals surface area contributed by atoms with Gasteiger partial charge < -0.3 is 0 Å². The standard InChI is InChI=1S/C24H25N7O/c1-3-5-11-22-27-31(16-6-4-2)24(32)30(22)17-18-12-14-19(15-13-18)20-9-7-8-10-21(20)23-25-28-29-26-23/h3-5,7-10,12-15H,2,6,11,16-17H2,1H3,(H,25,26,28,29)/b5-3+. The first-order chi connectivity index (χ1) is 15.7. The minimum atomic E-state index is -0.0992. The Morgan fingerprint density at radius 3 is 2.56 bits per heavy atom. The van der Waals surface area contributed by atoms with E-state index in [-0.39, 0.29) is 5.69 Å². The quantitative estimate of drug-likeness (QED) is 0.412. The third-order valence-electron chi connectivity index (χ3n) is 5.20. The zero-order valence-electron chi connectivity index (χ0n) is 18.0. The van der Waals surface area contributed by atoms with Gasteiger partial charge in [-0.15, -0.1) is 16.8 Å². The molecule has 32 heavy (non-hydrogen) atoms. The number of allylic oxidation sites excluding steroid dienone is 3. The monoisotopic (exact) mass is 427 g/mol. The molecule has 0 amide bonds. The molecule has 0 atom stereocenters. The lowest BCUT2D eigenvalue weighted by Crippen LogP contribution is -2.26. The second-order valence-electron chi connectivity index (χ2n) is 7.34. The van der Waals surface area contributed by atoms with Crippen molar-refractivity contribution < 1.29 is 0 Å². The number of tetrazole rings is 1. The SMILES string of the molecule is C=CCCn1nc(C/C=C/C)n(Cc2ccc(-c3ccccc3-c3nn[nH]n3)cc2)c1=O. The lowest BCUT2D eigenvalue weighted by molar-refractivity contribution is 0.587. The lowest BCUT2D eigenvalue weighted by Gasteiger charge is -2.09. The second kappa shape index (κ2) is 9.82. The number of aromatic nitrogens is 7. The van der Waals surface area contributed by atoms with Gasteiger partial charge >= 0.3 is 5.69 Å². The van der Waals surface area contributed by atoms with Crippen LogP contribution in [0.3, 0.4) is 0 Å². The van der Waals surface area contributed by atoms with Crippen LogP contribution in [0.4, 0.5) is 0 Å². The van der Waals surface area contributed by atoms with Crippen LogP contribution in [0.25, 0.3) is 22.5 Å². The summed E-state index contributed by atoms with van der Waals surface area (Å²) >= 11 is 0. The molecule has 162 valence electrons. The summed E-state index contributed by atoms with van der Waals surface area (Å²) in [6.45, 7) is 6.69. The summed E-state index contributed by atoms with van der Waals surface area (Å²) in [5, 5.41) is 18.9. The van der Waals surface area contributed by atoms with Crippen LogP contribution in [0.5, 0.6) is 0 Å². The lowest BCUT2D eigenvalue weighted by atomic mass is 9.98. The van der Waals surface area contributed by atoms with E-state index in [1.165, 1.54) is 4.68 Å². The Labute approximate surface area is 185 Å². The smallest absolute Gasteiger partial charge is 0.274 e. The summed E-state index contributed by atoms with van der Waals surface area (Å²) in [5.41, 5.74) is 3.89. The topological polar surface area (TPSA) is 94.3 Å². The highest BCUT2D eigenvalue weighted by molar-refractivity contribution is 5.80. The van der Waals surface area contributed by atoms with Crippen LogP contribution >= 0.6 is 0 Å². The molecule has 4 aromatic rings. The van der Waals surface area contributed by atoms with Crippen molar-refractivity contribution in [2.75, 3.05) is 0 Å². The van der Waals surface area contributed by atoms with Gasteiger partial charge in [-0.05, 0) is 35.2 Å². The van der Waals surface area contributed by atoms with E-state index in [0.29, 0.717) is 31.8 Å².